The van der Waals surface area contributed by atoms with Gasteiger partial charge in [0.15, 0.2) is 0 Å². The molecule has 6 nitrogen and oxygen atoms in total. The molecule has 0 spiro atoms. The maximum Gasteiger partial charge on any atom is 0.342 e. The first-order chi connectivity index (χ1) is 8.27. The van der Waals surface area contributed by atoms with Gasteiger partial charge >= 0.3 is 7.60 Å². The van der Waals surface area contributed by atoms with Crippen molar-refractivity contribution in [1.29, 1.82) is 0 Å². The van der Waals surface area contributed by atoms with Gasteiger partial charge in [-0.1, -0.05) is 0 Å². The fraction of sp³-hybridized carbons (Fsp3) is 0.333. The standard InChI is InChI=1S/C9H13FNO5PS/c1-2-16-17(12,13)7-11-18(14,15)9-5-3-8(10)4-6-9/h3-6,11H,2,7H2,1H3,(H,12,13). The molecule has 0 amide bonds. The van der Waals surface area contributed by atoms with E-state index in [1.807, 2.05) is 4.72 Å². The van der Waals surface area contributed by atoms with Crippen molar-refractivity contribution in [2.24, 2.45) is 0 Å². The molecule has 18 heavy (non-hydrogen) atoms. The zero-order valence-electron chi connectivity index (χ0n) is 9.54. The molecule has 2 N–H and O–H groups in total. The van der Waals surface area contributed by atoms with E-state index in [-0.39, 0.29) is 11.5 Å². The van der Waals surface area contributed by atoms with Gasteiger partial charge in [0.2, 0.25) is 10.0 Å². The molecule has 1 aromatic rings. The summed E-state index contributed by atoms with van der Waals surface area (Å²) in [6.07, 6.45) is -0.736. The van der Waals surface area contributed by atoms with E-state index in [1.165, 1.54) is 6.92 Å². The molecule has 0 radical (unpaired) electrons. The maximum absolute atomic E-state index is 12.6. The van der Waals surface area contributed by atoms with Crippen LogP contribution in [0.3, 0.4) is 0 Å². The minimum Gasteiger partial charge on any atom is -0.323 e. The number of hydrogen-bond acceptors (Lipinski definition) is 4. The zero-order valence-corrected chi connectivity index (χ0v) is 11.2. The number of hydrogen-bond donors (Lipinski definition) is 2. The van der Waals surface area contributed by atoms with Crippen LogP contribution in [-0.4, -0.2) is 26.2 Å². The third-order valence-corrected chi connectivity index (χ3v) is 4.76. The third kappa shape index (κ3) is 4.47. The highest BCUT2D eigenvalue weighted by molar-refractivity contribution is 7.89. The first kappa shape index (κ1) is 15.3. The lowest BCUT2D eigenvalue weighted by Crippen LogP contribution is -2.25. The summed E-state index contributed by atoms with van der Waals surface area (Å²) in [5.74, 6) is -0.573. The average Bonchev–Trinajstić information content (AvgIpc) is 2.27. The summed E-state index contributed by atoms with van der Waals surface area (Å²) < 4.78 is 53.7. The van der Waals surface area contributed by atoms with E-state index >= 15 is 0 Å². The van der Waals surface area contributed by atoms with Crippen LogP contribution in [0.4, 0.5) is 4.39 Å². The van der Waals surface area contributed by atoms with Gasteiger partial charge < -0.3 is 9.42 Å². The van der Waals surface area contributed by atoms with Crippen molar-refractivity contribution in [3.63, 3.8) is 0 Å². The lowest BCUT2D eigenvalue weighted by molar-refractivity contribution is 0.273. The molecular formula is C9H13FNO5PS. The molecule has 1 aromatic carbocycles. The van der Waals surface area contributed by atoms with E-state index in [1.54, 1.807) is 0 Å². The van der Waals surface area contributed by atoms with Crippen molar-refractivity contribution >= 4 is 17.6 Å². The number of rotatable bonds is 6. The van der Waals surface area contributed by atoms with Gasteiger partial charge in [-0.15, -0.1) is 0 Å². The summed E-state index contributed by atoms with van der Waals surface area (Å²) in [6, 6.07) is 4.08. The van der Waals surface area contributed by atoms with Crippen LogP contribution in [0.2, 0.25) is 0 Å². The van der Waals surface area contributed by atoms with Crippen LogP contribution >= 0.6 is 7.60 Å². The second-order valence-corrected chi connectivity index (χ2v) is 6.93. The van der Waals surface area contributed by atoms with E-state index in [9.17, 15) is 22.3 Å². The van der Waals surface area contributed by atoms with Crippen LogP contribution in [0, 0.1) is 5.82 Å². The molecule has 102 valence electrons. The Labute approximate surface area is 104 Å². The van der Waals surface area contributed by atoms with E-state index in [4.69, 9.17) is 0 Å². The Kier molecular flexibility index (Phi) is 5.01. The first-order valence-electron chi connectivity index (χ1n) is 4.98. The zero-order chi connectivity index (χ0) is 13.8. The molecule has 1 atom stereocenters. The van der Waals surface area contributed by atoms with Crippen molar-refractivity contribution in [3.8, 4) is 0 Å². The number of nitrogens with one attached hydrogen (secondary N) is 1. The quantitative estimate of drug-likeness (QED) is 0.772. The van der Waals surface area contributed by atoms with Crippen LogP contribution in [0.15, 0.2) is 29.2 Å². The predicted octanol–water partition coefficient (Wildman–Crippen LogP) is 1.28. The Bertz CT molecular complexity index is 545. The Hall–Kier alpha value is -0.790. The smallest absolute Gasteiger partial charge is 0.323 e. The van der Waals surface area contributed by atoms with Crippen LogP contribution in [-0.2, 0) is 19.1 Å². The van der Waals surface area contributed by atoms with Crippen molar-refractivity contribution in [2.45, 2.75) is 11.8 Å². The normalized spacial score (nSPS) is 15.3. The third-order valence-electron chi connectivity index (χ3n) is 1.91. The number of sulfonamides is 1. The Morgan fingerprint density at radius 2 is 1.94 bits per heavy atom. The van der Waals surface area contributed by atoms with E-state index in [2.05, 4.69) is 4.52 Å². The van der Waals surface area contributed by atoms with Gasteiger partial charge in [0, 0.05) is 0 Å². The molecule has 0 bridgehead atoms. The molecule has 1 rings (SSSR count). The molecule has 0 saturated heterocycles. The van der Waals surface area contributed by atoms with Gasteiger partial charge in [-0.05, 0) is 31.2 Å². The summed E-state index contributed by atoms with van der Waals surface area (Å²) in [7, 11) is -7.94. The second-order valence-electron chi connectivity index (χ2n) is 3.32. The monoisotopic (exact) mass is 297 g/mol. The molecule has 0 heterocycles. The Morgan fingerprint density at radius 1 is 1.39 bits per heavy atom. The lowest BCUT2D eigenvalue weighted by Gasteiger charge is -2.12. The largest absolute Gasteiger partial charge is 0.342 e. The van der Waals surface area contributed by atoms with Crippen molar-refractivity contribution in [1.82, 2.24) is 4.72 Å². The van der Waals surface area contributed by atoms with E-state index in [0.29, 0.717) is 0 Å². The molecule has 9 heteroatoms. The van der Waals surface area contributed by atoms with Gasteiger partial charge in [0.1, 0.15) is 12.1 Å². The summed E-state index contributed by atoms with van der Waals surface area (Å²) in [5, 5.41) is 0. The fourth-order valence-electron chi connectivity index (χ4n) is 1.11. The van der Waals surface area contributed by atoms with E-state index < -0.39 is 29.7 Å². The Morgan fingerprint density at radius 3 is 2.44 bits per heavy atom. The summed E-state index contributed by atoms with van der Waals surface area (Å²) in [4.78, 5) is 9.02. The fourth-order valence-corrected chi connectivity index (χ4v) is 3.60. The molecule has 0 aromatic heterocycles. The molecule has 0 aliphatic carbocycles. The minimum absolute atomic E-state index is 0.00788. The average molecular weight is 297 g/mol. The van der Waals surface area contributed by atoms with Gasteiger partial charge in [-0.25, -0.2) is 12.8 Å². The van der Waals surface area contributed by atoms with Gasteiger partial charge in [0.05, 0.1) is 11.5 Å². The predicted molar refractivity (Wildman–Crippen MR) is 63.0 cm³/mol. The topological polar surface area (TPSA) is 92.7 Å². The van der Waals surface area contributed by atoms with Crippen molar-refractivity contribution in [3.05, 3.63) is 30.1 Å². The molecule has 0 aliphatic heterocycles. The van der Waals surface area contributed by atoms with Gasteiger partial charge in [-0.3, -0.25) is 4.57 Å². The minimum atomic E-state index is -3.98. The van der Waals surface area contributed by atoms with Crippen LogP contribution < -0.4 is 4.72 Å². The van der Waals surface area contributed by atoms with Crippen LogP contribution in [0.25, 0.3) is 0 Å². The van der Waals surface area contributed by atoms with Gasteiger partial charge in [0.25, 0.3) is 0 Å². The lowest BCUT2D eigenvalue weighted by atomic mass is 10.4. The number of halogens is 1. The van der Waals surface area contributed by atoms with Gasteiger partial charge in [-0.2, -0.15) is 4.72 Å². The molecule has 0 saturated carbocycles. The molecule has 0 aliphatic rings. The van der Waals surface area contributed by atoms with Crippen molar-refractivity contribution < 1.29 is 26.8 Å². The van der Waals surface area contributed by atoms with Crippen LogP contribution in [0.1, 0.15) is 6.92 Å². The molecular weight excluding hydrogens is 284 g/mol. The number of benzene rings is 1. The highest BCUT2D eigenvalue weighted by atomic mass is 32.2. The SMILES string of the molecule is CCOP(=O)(O)CNS(=O)(=O)c1ccc(F)cc1. The summed E-state index contributed by atoms with van der Waals surface area (Å²) >= 11 is 0. The highest BCUT2D eigenvalue weighted by Gasteiger charge is 2.23. The second kappa shape index (κ2) is 5.90. The first-order valence-corrected chi connectivity index (χ1v) is 8.23. The highest BCUT2D eigenvalue weighted by Crippen LogP contribution is 2.40. The van der Waals surface area contributed by atoms with Crippen molar-refractivity contribution in [2.75, 3.05) is 12.9 Å². The Balaban J connectivity index is 2.77. The van der Waals surface area contributed by atoms with Crippen LogP contribution in [0.5, 0.6) is 0 Å². The summed E-state index contributed by atoms with van der Waals surface area (Å²) in [5.41, 5.74) is 0. The van der Waals surface area contributed by atoms with E-state index in [0.717, 1.165) is 24.3 Å². The molecule has 1 unspecified atom stereocenters. The molecule has 0 fully saturated rings. The maximum atomic E-state index is 12.6. The summed E-state index contributed by atoms with van der Waals surface area (Å²) in [6.45, 7) is 1.50.